The second kappa shape index (κ2) is 9.87. The maximum Gasteiger partial charge on any atom is 0.266 e. The predicted molar refractivity (Wildman–Crippen MR) is 107 cm³/mol. The quantitative estimate of drug-likeness (QED) is 0.473. The van der Waals surface area contributed by atoms with Gasteiger partial charge >= 0.3 is 0 Å². The molecule has 0 bridgehead atoms. The average molecular weight is 419 g/mol. The summed E-state index contributed by atoms with van der Waals surface area (Å²) < 4.78 is 21.2. The number of anilines is 1. The van der Waals surface area contributed by atoms with Crippen molar-refractivity contribution >= 4 is 18.1 Å². The lowest BCUT2D eigenvalue weighted by Gasteiger charge is -2.24. The van der Waals surface area contributed by atoms with Crippen LogP contribution in [0.3, 0.4) is 0 Å². The van der Waals surface area contributed by atoms with Gasteiger partial charge in [-0.25, -0.2) is 5.43 Å². The molecule has 1 N–H and O–H groups in total. The van der Waals surface area contributed by atoms with Gasteiger partial charge in [-0.15, -0.1) is 9.90 Å². The first kappa shape index (κ1) is 21.3. The van der Waals surface area contributed by atoms with Crippen LogP contribution in [-0.4, -0.2) is 80.0 Å². The lowest BCUT2D eigenvalue weighted by Crippen LogP contribution is -2.37. The highest BCUT2D eigenvalue weighted by molar-refractivity contribution is 5.85. The Balaban J connectivity index is 1.63. The number of ether oxygens (including phenoxy) is 4. The molecule has 1 fully saturated rings. The molecule has 1 aromatic heterocycles. The van der Waals surface area contributed by atoms with Crippen LogP contribution in [0.4, 0.5) is 5.95 Å². The van der Waals surface area contributed by atoms with Gasteiger partial charge in [0.2, 0.25) is 5.75 Å². The van der Waals surface area contributed by atoms with Crippen molar-refractivity contribution in [2.24, 2.45) is 5.10 Å². The van der Waals surface area contributed by atoms with Gasteiger partial charge in [0.15, 0.2) is 17.5 Å². The Morgan fingerprint density at radius 1 is 1.20 bits per heavy atom. The highest BCUT2D eigenvalue weighted by atomic mass is 16.5. The van der Waals surface area contributed by atoms with Gasteiger partial charge in [-0.05, 0) is 24.3 Å². The minimum Gasteiger partial charge on any atom is -0.493 e. The highest BCUT2D eigenvalue weighted by Crippen LogP contribution is 2.37. The molecular weight excluding hydrogens is 394 g/mol. The monoisotopic (exact) mass is 419 g/mol. The van der Waals surface area contributed by atoms with E-state index in [2.05, 4.69) is 25.9 Å². The van der Waals surface area contributed by atoms with E-state index in [1.165, 1.54) is 32.3 Å². The summed E-state index contributed by atoms with van der Waals surface area (Å²) in [6, 6.07) is 2.74. The van der Waals surface area contributed by atoms with E-state index >= 15 is 0 Å². The number of methoxy groups -OCH3 is 3. The van der Waals surface area contributed by atoms with E-state index in [1.54, 1.807) is 19.1 Å². The number of carbonyl (C=O) groups excluding carboxylic acids is 1. The Bertz CT molecular complexity index is 870. The number of rotatable bonds is 8. The molecule has 0 spiro atoms. The molecule has 1 aliphatic rings. The summed E-state index contributed by atoms with van der Waals surface area (Å²) in [5.41, 5.74) is 3.14. The van der Waals surface area contributed by atoms with Crippen molar-refractivity contribution in [3.8, 4) is 17.2 Å². The van der Waals surface area contributed by atoms with Crippen LogP contribution in [-0.2, 0) is 9.53 Å². The maximum absolute atomic E-state index is 12.4. The summed E-state index contributed by atoms with van der Waals surface area (Å²) in [6.45, 7) is 4.26. The molecule has 3 rings (SSSR count). The molecule has 12 heteroatoms. The Labute approximate surface area is 173 Å². The van der Waals surface area contributed by atoms with Gasteiger partial charge in [0.05, 0.1) is 40.8 Å². The van der Waals surface area contributed by atoms with Crippen molar-refractivity contribution in [3.63, 3.8) is 0 Å². The predicted octanol–water partition coefficient (Wildman–Crippen LogP) is 0.247. The SMILES string of the molecule is COc1cc(C=NNC(=O)C(C)n2nnc(N3CCOCC3)n2)cc(OC)c1OC. The third kappa shape index (κ3) is 4.76. The molecule has 12 nitrogen and oxygen atoms in total. The zero-order valence-electron chi connectivity index (χ0n) is 17.4. The number of benzene rings is 1. The fourth-order valence-electron chi connectivity index (χ4n) is 2.82. The second-order valence-corrected chi connectivity index (χ2v) is 6.38. The van der Waals surface area contributed by atoms with E-state index < -0.39 is 6.04 Å². The summed E-state index contributed by atoms with van der Waals surface area (Å²) in [7, 11) is 4.58. The zero-order chi connectivity index (χ0) is 21.5. The van der Waals surface area contributed by atoms with E-state index in [0.29, 0.717) is 55.1 Å². The third-order valence-corrected chi connectivity index (χ3v) is 4.51. The molecule has 1 aromatic carbocycles. The van der Waals surface area contributed by atoms with Crippen LogP contribution in [0.1, 0.15) is 18.5 Å². The Kier molecular flexibility index (Phi) is 7.01. The van der Waals surface area contributed by atoms with E-state index in [1.807, 2.05) is 4.90 Å². The number of hydrogen-bond donors (Lipinski definition) is 1. The summed E-state index contributed by atoms with van der Waals surface area (Å²) in [5.74, 6) is 1.53. The van der Waals surface area contributed by atoms with E-state index in [-0.39, 0.29) is 5.91 Å². The minimum atomic E-state index is -0.690. The number of aromatic nitrogens is 4. The van der Waals surface area contributed by atoms with Gasteiger partial charge in [0, 0.05) is 18.7 Å². The number of nitrogens with one attached hydrogen (secondary N) is 1. The topological polar surface area (TPSA) is 125 Å². The van der Waals surface area contributed by atoms with Gasteiger partial charge in [-0.3, -0.25) is 4.79 Å². The maximum atomic E-state index is 12.4. The van der Waals surface area contributed by atoms with Gasteiger partial charge in [-0.1, -0.05) is 5.10 Å². The fourth-order valence-corrected chi connectivity index (χ4v) is 2.82. The van der Waals surface area contributed by atoms with Gasteiger partial charge < -0.3 is 23.8 Å². The van der Waals surface area contributed by atoms with E-state index in [4.69, 9.17) is 18.9 Å². The van der Waals surface area contributed by atoms with Crippen molar-refractivity contribution in [1.82, 2.24) is 25.6 Å². The molecule has 0 radical (unpaired) electrons. The van der Waals surface area contributed by atoms with E-state index in [9.17, 15) is 4.79 Å². The smallest absolute Gasteiger partial charge is 0.266 e. The van der Waals surface area contributed by atoms with Gasteiger partial charge in [0.25, 0.3) is 11.9 Å². The molecule has 2 aromatic rings. The standard InChI is InChI=1S/C18H25N7O5/c1-12(25-22-18(21-23-25)24-5-7-30-8-6-24)17(26)20-19-11-13-9-14(27-2)16(29-4)15(10-13)28-3/h9-12H,5-8H2,1-4H3,(H,20,26). The molecule has 162 valence electrons. The van der Waals surface area contributed by atoms with Gasteiger partial charge in [-0.2, -0.15) is 5.10 Å². The first-order valence-electron chi connectivity index (χ1n) is 9.32. The molecule has 1 aliphatic heterocycles. The van der Waals surface area contributed by atoms with Crippen LogP contribution in [0, 0.1) is 0 Å². The van der Waals surface area contributed by atoms with Crippen molar-refractivity contribution in [1.29, 1.82) is 0 Å². The number of carbonyl (C=O) groups is 1. The van der Waals surface area contributed by atoms with Crippen LogP contribution in [0.25, 0.3) is 0 Å². The number of hydrogen-bond acceptors (Lipinski definition) is 10. The highest BCUT2D eigenvalue weighted by Gasteiger charge is 2.21. The lowest BCUT2D eigenvalue weighted by atomic mass is 10.2. The number of hydrazone groups is 1. The first-order valence-corrected chi connectivity index (χ1v) is 9.32. The third-order valence-electron chi connectivity index (χ3n) is 4.51. The largest absolute Gasteiger partial charge is 0.493 e. The van der Waals surface area contributed by atoms with Crippen LogP contribution in [0.15, 0.2) is 17.2 Å². The molecule has 30 heavy (non-hydrogen) atoms. The Hall–Kier alpha value is -3.41. The van der Waals surface area contributed by atoms with Crippen molar-refractivity contribution < 1.29 is 23.7 Å². The Morgan fingerprint density at radius 3 is 2.47 bits per heavy atom. The van der Waals surface area contributed by atoms with E-state index in [0.717, 1.165) is 0 Å². The second-order valence-electron chi connectivity index (χ2n) is 6.38. The van der Waals surface area contributed by atoms with Crippen LogP contribution in [0.5, 0.6) is 17.2 Å². The van der Waals surface area contributed by atoms with Crippen molar-refractivity contribution in [2.45, 2.75) is 13.0 Å². The molecule has 1 unspecified atom stereocenters. The molecule has 0 aliphatic carbocycles. The summed E-state index contributed by atoms with van der Waals surface area (Å²) in [4.78, 5) is 15.6. The molecule has 1 atom stereocenters. The number of tetrazole rings is 1. The van der Waals surface area contributed by atoms with Crippen LogP contribution < -0.4 is 24.5 Å². The lowest BCUT2D eigenvalue weighted by molar-refractivity contribution is -0.124. The first-order chi connectivity index (χ1) is 14.6. The van der Waals surface area contributed by atoms with Crippen molar-refractivity contribution in [2.75, 3.05) is 52.5 Å². The number of amides is 1. The zero-order valence-corrected chi connectivity index (χ0v) is 17.4. The fraction of sp³-hybridized carbons (Fsp3) is 0.500. The summed E-state index contributed by atoms with van der Waals surface area (Å²) in [6.07, 6.45) is 1.48. The molecule has 2 heterocycles. The average Bonchev–Trinajstić information content (AvgIpc) is 3.28. The van der Waals surface area contributed by atoms with Gasteiger partial charge in [0.1, 0.15) is 0 Å². The molecule has 1 amide bonds. The summed E-state index contributed by atoms with van der Waals surface area (Å²) >= 11 is 0. The molecule has 0 saturated carbocycles. The minimum absolute atomic E-state index is 0.385. The number of morpholine rings is 1. The molecule has 1 saturated heterocycles. The Morgan fingerprint density at radius 2 is 1.87 bits per heavy atom. The summed E-state index contributed by atoms with van der Waals surface area (Å²) in [5, 5.41) is 16.3. The molecular formula is C18H25N7O5. The van der Waals surface area contributed by atoms with Crippen molar-refractivity contribution in [3.05, 3.63) is 17.7 Å². The van der Waals surface area contributed by atoms with Crippen LogP contribution >= 0.6 is 0 Å². The van der Waals surface area contributed by atoms with Crippen LogP contribution in [0.2, 0.25) is 0 Å². The number of nitrogens with zero attached hydrogens (tertiary/aromatic N) is 6. The normalized spacial score (nSPS) is 15.1.